The number of rotatable bonds is 5. The second kappa shape index (κ2) is 7.57. The molecule has 6 nitrogen and oxygen atoms in total. The zero-order valence-corrected chi connectivity index (χ0v) is 13.7. The maximum Gasteiger partial charge on any atom is 0.480 e. The molecular formula is C9H21F3N2O4S2. The van der Waals surface area contributed by atoms with Crippen LogP contribution in [-0.4, -0.2) is 60.8 Å². The van der Waals surface area contributed by atoms with Crippen LogP contribution in [0.3, 0.4) is 0 Å². The largest absolute Gasteiger partial charge is 0.480 e. The average molecular weight is 342 g/mol. The van der Waals surface area contributed by atoms with E-state index in [4.69, 9.17) is 0 Å². The molecule has 0 atom stereocenters. The minimum atomic E-state index is -5.92. The van der Waals surface area contributed by atoms with Gasteiger partial charge in [-0.05, 0) is 6.42 Å². The molecule has 0 radical (unpaired) electrons. The van der Waals surface area contributed by atoms with Gasteiger partial charge in [-0.2, -0.15) is 13.2 Å². The second-order valence-electron chi connectivity index (χ2n) is 5.10. The van der Waals surface area contributed by atoms with Crippen LogP contribution in [0.5, 0.6) is 0 Å². The summed E-state index contributed by atoms with van der Waals surface area (Å²) in [6, 6.07) is 0. The molecule has 0 aromatic carbocycles. The van der Waals surface area contributed by atoms with Crippen LogP contribution in [0.4, 0.5) is 13.2 Å². The van der Waals surface area contributed by atoms with Crippen LogP contribution in [0.15, 0.2) is 0 Å². The Bertz CT molecular complexity index is 478. The fourth-order valence-corrected chi connectivity index (χ4v) is 2.62. The van der Waals surface area contributed by atoms with Crippen LogP contribution in [0, 0.1) is 0 Å². The lowest BCUT2D eigenvalue weighted by atomic mass is 10.3. The second-order valence-corrected chi connectivity index (χ2v) is 8.57. The summed E-state index contributed by atoms with van der Waals surface area (Å²) < 4.78 is 77.1. The van der Waals surface area contributed by atoms with E-state index in [2.05, 4.69) is 28.1 Å². The van der Waals surface area contributed by atoms with Crippen molar-refractivity contribution in [1.82, 2.24) is 0 Å². The SMILES string of the molecule is CCCC[N+](C)(C)C.CS(=O)(=O)[N-]S(=O)(=O)C(F)(F)F. The van der Waals surface area contributed by atoms with Crippen LogP contribution >= 0.6 is 0 Å². The third-order valence-corrected chi connectivity index (χ3v) is 4.16. The lowest BCUT2D eigenvalue weighted by Gasteiger charge is -2.23. The number of sulfonamides is 2. The Morgan fingerprint density at radius 3 is 1.55 bits per heavy atom. The Labute approximate surface area is 118 Å². The van der Waals surface area contributed by atoms with Crippen molar-refractivity contribution in [3.05, 3.63) is 4.13 Å². The number of halogens is 3. The number of alkyl halides is 3. The van der Waals surface area contributed by atoms with Gasteiger partial charge in [0, 0.05) is 6.26 Å². The van der Waals surface area contributed by atoms with E-state index in [1.54, 1.807) is 4.13 Å². The summed E-state index contributed by atoms with van der Waals surface area (Å²) in [5.74, 6) is 0. The number of hydrogen-bond acceptors (Lipinski definition) is 4. The van der Waals surface area contributed by atoms with Crippen molar-refractivity contribution in [2.75, 3.05) is 33.9 Å². The van der Waals surface area contributed by atoms with Gasteiger partial charge in [-0.15, -0.1) is 0 Å². The number of quaternary nitrogens is 1. The summed E-state index contributed by atoms with van der Waals surface area (Å²) in [6.07, 6.45) is 2.91. The molecule has 0 aromatic heterocycles. The Balaban J connectivity index is 0. The van der Waals surface area contributed by atoms with E-state index >= 15 is 0 Å². The Kier molecular flexibility index (Phi) is 8.29. The predicted octanol–water partition coefficient (Wildman–Crippen LogP) is 1.66. The molecule has 0 spiro atoms. The molecule has 0 heterocycles. The first kappa shape index (κ1) is 21.9. The van der Waals surface area contributed by atoms with Crippen molar-refractivity contribution in [2.45, 2.75) is 25.3 Å². The monoisotopic (exact) mass is 342 g/mol. The van der Waals surface area contributed by atoms with Gasteiger partial charge in [0.05, 0.1) is 37.7 Å². The molecule has 11 heteroatoms. The molecule has 0 bridgehead atoms. The van der Waals surface area contributed by atoms with Crippen molar-refractivity contribution in [3.8, 4) is 0 Å². The number of unbranched alkanes of at least 4 members (excludes halogenated alkanes) is 1. The lowest BCUT2D eigenvalue weighted by molar-refractivity contribution is -0.870. The highest BCUT2D eigenvalue weighted by molar-refractivity contribution is 8.12. The minimum absolute atomic E-state index is 0.246. The van der Waals surface area contributed by atoms with Crippen LogP contribution in [0.25, 0.3) is 4.13 Å². The first-order chi connectivity index (χ1) is 8.52. The van der Waals surface area contributed by atoms with E-state index in [1.165, 1.54) is 19.4 Å². The molecule has 124 valence electrons. The third-order valence-electron chi connectivity index (χ3n) is 1.71. The quantitative estimate of drug-likeness (QED) is 0.712. The fraction of sp³-hybridized carbons (Fsp3) is 1.00. The summed E-state index contributed by atoms with van der Waals surface area (Å²) in [7, 11) is -3.77. The highest BCUT2D eigenvalue weighted by Crippen LogP contribution is 2.29. The molecule has 20 heavy (non-hydrogen) atoms. The van der Waals surface area contributed by atoms with Crippen molar-refractivity contribution < 1.29 is 34.5 Å². The Morgan fingerprint density at radius 2 is 1.45 bits per heavy atom. The van der Waals surface area contributed by atoms with Crippen molar-refractivity contribution in [3.63, 3.8) is 0 Å². The Hall–Kier alpha value is -0.390. The fourth-order valence-electron chi connectivity index (χ4n) is 0.853. The lowest BCUT2D eigenvalue weighted by Crippen LogP contribution is -2.35. The van der Waals surface area contributed by atoms with Gasteiger partial charge in [-0.3, -0.25) is 0 Å². The van der Waals surface area contributed by atoms with Gasteiger partial charge in [0.15, 0.2) is 10.0 Å². The molecule has 0 N–H and O–H groups in total. The van der Waals surface area contributed by atoms with Crippen molar-refractivity contribution in [2.24, 2.45) is 0 Å². The molecule has 0 rings (SSSR count). The zero-order valence-electron chi connectivity index (χ0n) is 12.1. The number of nitrogens with zero attached hydrogens (tertiary/aromatic N) is 2. The van der Waals surface area contributed by atoms with E-state index in [0.717, 1.165) is 4.48 Å². The minimum Gasteiger partial charge on any atom is -0.429 e. The first-order valence-electron chi connectivity index (χ1n) is 5.58. The molecule has 0 aliphatic carbocycles. The van der Waals surface area contributed by atoms with Crippen LogP contribution in [0.1, 0.15) is 19.8 Å². The van der Waals surface area contributed by atoms with E-state index < -0.39 is 25.6 Å². The summed E-state index contributed by atoms with van der Waals surface area (Å²) in [5.41, 5.74) is -5.67. The molecule has 0 saturated carbocycles. The van der Waals surface area contributed by atoms with Crippen LogP contribution in [0.2, 0.25) is 0 Å². The molecule has 0 fully saturated rings. The summed E-state index contributed by atoms with van der Waals surface area (Å²) in [6.45, 7) is 3.53. The maximum atomic E-state index is 11.4. The normalized spacial score (nSPS) is 13.6. The highest BCUT2D eigenvalue weighted by Gasteiger charge is 2.39. The zero-order chi connectivity index (χ0) is 16.8. The van der Waals surface area contributed by atoms with Gasteiger partial charge in [0.25, 0.3) is 0 Å². The van der Waals surface area contributed by atoms with Gasteiger partial charge < -0.3 is 8.61 Å². The summed E-state index contributed by atoms with van der Waals surface area (Å²) in [4.78, 5) is 0. The molecule has 0 saturated heterocycles. The van der Waals surface area contributed by atoms with Gasteiger partial charge in [-0.1, -0.05) is 13.3 Å². The van der Waals surface area contributed by atoms with Gasteiger partial charge in [0.1, 0.15) is 0 Å². The van der Waals surface area contributed by atoms with Crippen LogP contribution < -0.4 is 0 Å². The smallest absolute Gasteiger partial charge is 0.429 e. The van der Waals surface area contributed by atoms with Crippen molar-refractivity contribution in [1.29, 1.82) is 0 Å². The summed E-state index contributed by atoms with van der Waals surface area (Å²) >= 11 is 0. The molecule has 0 unspecified atom stereocenters. The summed E-state index contributed by atoms with van der Waals surface area (Å²) in [5, 5.41) is 0. The number of hydrogen-bond donors (Lipinski definition) is 0. The van der Waals surface area contributed by atoms with E-state index in [0.29, 0.717) is 0 Å². The third kappa shape index (κ3) is 12.6. The Morgan fingerprint density at radius 1 is 1.05 bits per heavy atom. The molecule has 0 amide bonds. The maximum absolute atomic E-state index is 11.4. The average Bonchev–Trinajstić information content (AvgIpc) is 2.08. The standard InChI is InChI=1S/C7H18N.C2H3F3NO4S2/c1-5-6-7-8(2,3)4;1-11(7,8)6-12(9,10)2(3,4)5/h5-7H2,1-4H3;1H3/q+1;-1. The highest BCUT2D eigenvalue weighted by atomic mass is 32.3. The molecule has 0 aromatic rings. The molecular weight excluding hydrogens is 321 g/mol. The van der Waals surface area contributed by atoms with Crippen LogP contribution in [-0.2, 0) is 20.0 Å². The van der Waals surface area contributed by atoms with Gasteiger partial charge in [0.2, 0.25) is 0 Å². The van der Waals surface area contributed by atoms with E-state index in [1.807, 2.05) is 0 Å². The topological polar surface area (TPSA) is 82.4 Å². The molecule has 0 aliphatic heterocycles. The van der Waals surface area contributed by atoms with Gasteiger partial charge in [-0.25, -0.2) is 16.8 Å². The molecule has 0 aliphatic rings. The van der Waals surface area contributed by atoms with E-state index in [-0.39, 0.29) is 6.26 Å². The predicted molar refractivity (Wildman–Crippen MR) is 71.0 cm³/mol. The first-order valence-corrected chi connectivity index (χ1v) is 8.86. The van der Waals surface area contributed by atoms with Crippen molar-refractivity contribution >= 4 is 20.0 Å². The van der Waals surface area contributed by atoms with Gasteiger partial charge >= 0.3 is 5.51 Å². The van der Waals surface area contributed by atoms with E-state index in [9.17, 15) is 30.0 Å².